The number of amides is 1. The molecule has 0 aliphatic rings. The maximum absolute atomic E-state index is 12.3. The maximum atomic E-state index is 12.3. The lowest BCUT2D eigenvalue weighted by Crippen LogP contribution is -2.40. The van der Waals surface area contributed by atoms with E-state index in [1.54, 1.807) is 18.0 Å². The average Bonchev–Trinajstić information content (AvgIpc) is 2.53. The number of hydrogen-bond acceptors (Lipinski definition) is 4. The Hall–Kier alpha value is -1.46. The van der Waals surface area contributed by atoms with E-state index in [0.717, 1.165) is 10.8 Å². The molecule has 0 saturated carbocycles. The summed E-state index contributed by atoms with van der Waals surface area (Å²) in [5, 5.41) is 3.87. The average molecular weight is 332 g/mol. The molecule has 22 heavy (non-hydrogen) atoms. The standard InChI is InChI=1S/C17H20N2OS2/c1-17(2,22-15-10-6-7-11-18-15)16(20)19-12-13-21-14-8-4-3-5-9-14/h3-11H,12-13H2,1-2H3,(H,19,20). The van der Waals surface area contributed by atoms with Crippen molar-refractivity contribution >= 4 is 29.4 Å². The molecule has 1 heterocycles. The molecule has 0 aliphatic heterocycles. The Morgan fingerprint density at radius 2 is 1.86 bits per heavy atom. The van der Waals surface area contributed by atoms with Crippen molar-refractivity contribution < 1.29 is 4.79 Å². The van der Waals surface area contributed by atoms with Crippen LogP contribution in [0.15, 0.2) is 64.6 Å². The van der Waals surface area contributed by atoms with E-state index in [0.29, 0.717) is 6.54 Å². The summed E-state index contributed by atoms with van der Waals surface area (Å²) in [6.07, 6.45) is 1.74. The normalized spacial score (nSPS) is 11.2. The van der Waals surface area contributed by atoms with Crippen molar-refractivity contribution in [1.29, 1.82) is 0 Å². The first-order chi connectivity index (χ1) is 10.6. The molecule has 0 atom stereocenters. The summed E-state index contributed by atoms with van der Waals surface area (Å²) in [7, 11) is 0. The molecule has 1 aromatic carbocycles. The second-order valence-corrected chi connectivity index (χ2v) is 8.01. The molecule has 1 N–H and O–H groups in total. The largest absolute Gasteiger partial charge is 0.354 e. The Morgan fingerprint density at radius 3 is 2.55 bits per heavy atom. The van der Waals surface area contributed by atoms with Gasteiger partial charge in [0.05, 0.1) is 9.77 Å². The van der Waals surface area contributed by atoms with Gasteiger partial charge in [0.2, 0.25) is 5.91 Å². The minimum atomic E-state index is -0.536. The number of thioether (sulfide) groups is 2. The number of benzene rings is 1. The van der Waals surface area contributed by atoms with Gasteiger partial charge in [-0.05, 0) is 38.1 Å². The number of nitrogens with zero attached hydrogens (tertiary/aromatic N) is 1. The van der Waals surface area contributed by atoms with Crippen LogP contribution in [0.3, 0.4) is 0 Å². The van der Waals surface area contributed by atoms with Crippen molar-refractivity contribution in [2.24, 2.45) is 0 Å². The van der Waals surface area contributed by atoms with E-state index in [1.807, 2.05) is 50.2 Å². The van der Waals surface area contributed by atoms with Gasteiger partial charge in [-0.2, -0.15) is 0 Å². The summed E-state index contributed by atoms with van der Waals surface area (Å²) in [5.74, 6) is 0.900. The number of carbonyl (C=O) groups is 1. The molecule has 0 saturated heterocycles. The van der Waals surface area contributed by atoms with E-state index < -0.39 is 4.75 Å². The smallest absolute Gasteiger partial charge is 0.236 e. The topological polar surface area (TPSA) is 42.0 Å². The van der Waals surface area contributed by atoms with Gasteiger partial charge in [-0.1, -0.05) is 36.0 Å². The predicted octanol–water partition coefficient (Wildman–Crippen LogP) is 3.86. The monoisotopic (exact) mass is 332 g/mol. The molecule has 5 heteroatoms. The van der Waals surface area contributed by atoms with Crippen molar-refractivity contribution in [1.82, 2.24) is 10.3 Å². The zero-order valence-corrected chi connectivity index (χ0v) is 14.4. The Balaban J connectivity index is 1.76. The summed E-state index contributed by atoms with van der Waals surface area (Å²) in [4.78, 5) is 17.8. The zero-order valence-electron chi connectivity index (χ0n) is 12.8. The van der Waals surface area contributed by atoms with Gasteiger partial charge < -0.3 is 5.32 Å². The van der Waals surface area contributed by atoms with E-state index >= 15 is 0 Å². The summed E-state index contributed by atoms with van der Waals surface area (Å²) in [5.41, 5.74) is 0. The van der Waals surface area contributed by atoms with E-state index in [-0.39, 0.29) is 5.91 Å². The third-order valence-electron chi connectivity index (χ3n) is 2.94. The fourth-order valence-electron chi connectivity index (χ4n) is 1.78. The summed E-state index contributed by atoms with van der Waals surface area (Å²) in [6.45, 7) is 4.50. The van der Waals surface area contributed by atoms with Crippen LogP contribution in [0, 0.1) is 0 Å². The second kappa shape index (κ2) is 8.25. The number of carbonyl (C=O) groups excluding carboxylic acids is 1. The lowest BCUT2D eigenvalue weighted by molar-refractivity contribution is -0.122. The van der Waals surface area contributed by atoms with Gasteiger partial charge in [0, 0.05) is 23.4 Å². The highest BCUT2D eigenvalue weighted by atomic mass is 32.2. The first-order valence-electron chi connectivity index (χ1n) is 7.14. The van der Waals surface area contributed by atoms with E-state index in [9.17, 15) is 4.79 Å². The van der Waals surface area contributed by atoms with Gasteiger partial charge in [0.15, 0.2) is 0 Å². The lowest BCUT2D eigenvalue weighted by atomic mass is 10.2. The van der Waals surface area contributed by atoms with Gasteiger partial charge in [-0.15, -0.1) is 11.8 Å². The van der Waals surface area contributed by atoms with Crippen LogP contribution >= 0.6 is 23.5 Å². The lowest BCUT2D eigenvalue weighted by Gasteiger charge is -2.22. The molecule has 0 spiro atoms. The number of rotatable bonds is 7. The summed E-state index contributed by atoms with van der Waals surface area (Å²) in [6, 6.07) is 15.9. The molecule has 2 aromatic rings. The first-order valence-corrected chi connectivity index (χ1v) is 8.94. The third-order valence-corrected chi connectivity index (χ3v) is 5.10. The van der Waals surface area contributed by atoms with Gasteiger partial charge in [-0.25, -0.2) is 4.98 Å². The van der Waals surface area contributed by atoms with Gasteiger partial charge in [0.1, 0.15) is 0 Å². The summed E-state index contributed by atoms with van der Waals surface area (Å²) >= 11 is 3.22. The Labute approximate surface area is 140 Å². The van der Waals surface area contributed by atoms with Crippen LogP contribution in [0.25, 0.3) is 0 Å². The molecule has 1 amide bonds. The van der Waals surface area contributed by atoms with Crippen LogP contribution in [-0.4, -0.2) is 27.9 Å². The van der Waals surface area contributed by atoms with Crippen molar-refractivity contribution in [3.63, 3.8) is 0 Å². The van der Waals surface area contributed by atoms with Crippen LogP contribution in [0.1, 0.15) is 13.8 Å². The van der Waals surface area contributed by atoms with Crippen LogP contribution in [0.4, 0.5) is 0 Å². The number of aromatic nitrogens is 1. The first kappa shape index (κ1) is 16.9. The zero-order chi connectivity index (χ0) is 15.8. The number of hydrogen-bond donors (Lipinski definition) is 1. The molecule has 0 bridgehead atoms. The molecule has 0 unspecified atom stereocenters. The van der Waals surface area contributed by atoms with Gasteiger partial charge in [-0.3, -0.25) is 4.79 Å². The molecule has 0 fully saturated rings. The number of nitrogens with one attached hydrogen (secondary N) is 1. The van der Waals surface area contributed by atoms with Crippen molar-refractivity contribution in [3.05, 3.63) is 54.7 Å². The molecule has 0 aliphatic carbocycles. The minimum Gasteiger partial charge on any atom is -0.354 e. The van der Waals surface area contributed by atoms with Crippen LogP contribution in [-0.2, 0) is 4.79 Å². The fourth-order valence-corrected chi connectivity index (χ4v) is 3.52. The predicted molar refractivity (Wildman–Crippen MR) is 94.3 cm³/mol. The van der Waals surface area contributed by atoms with Crippen molar-refractivity contribution in [3.8, 4) is 0 Å². The molecular weight excluding hydrogens is 312 g/mol. The Bertz CT molecular complexity index is 588. The van der Waals surface area contributed by atoms with E-state index in [1.165, 1.54) is 16.7 Å². The quantitative estimate of drug-likeness (QED) is 0.617. The second-order valence-electron chi connectivity index (χ2n) is 5.20. The van der Waals surface area contributed by atoms with Crippen LogP contribution < -0.4 is 5.32 Å². The molecule has 0 radical (unpaired) electrons. The highest BCUT2D eigenvalue weighted by molar-refractivity contribution is 8.01. The SMILES string of the molecule is CC(C)(Sc1ccccn1)C(=O)NCCSc1ccccc1. The van der Waals surface area contributed by atoms with Crippen molar-refractivity contribution in [2.45, 2.75) is 28.5 Å². The van der Waals surface area contributed by atoms with E-state index in [4.69, 9.17) is 0 Å². The molecule has 2 rings (SSSR count). The van der Waals surface area contributed by atoms with Crippen molar-refractivity contribution in [2.75, 3.05) is 12.3 Å². The van der Waals surface area contributed by atoms with E-state index in [2.05, 4.69) is 22.4 Å². The van der Waals surface area contributed by atoms with Crippen LogP contribution in [0.5, 0.6) is 0 Å². The highest BCUT2D eigenvalue weighted by Gasteiger charge is 2.29. The maximum Gasteiger partial charge on any atom is 0.236 e. The Kier molecular flexibility index (Phi) is 6.34. The molecule has 3 nitrogen and oxygen atoms in total. The highest BCUT2D eigenvalue weighted by Crippen LogP contribution is 2.30. The fraction of sp³-hybridized carbons (Fsp3) is 0.294. The molecular formula is C17H20N2OS2. The van der Waals surface area contributed by atoms with Crippen LogP contribution in [0.2, 0.25) is 0 Å². The summed E-state index contributed by atoms with van der Waals surface area (Å²) < 4.78 is -0.536. The third kappa shape index (κ3) is 5.39. The molecule has 116 valence electrons. The minimum absolute atomic E-state index is 0.0387. The number of pyridine rings is 1. The molecule has 1 aromatic heterocycles. The van der Waals surface area contributed by atoms with Gasteiger partial charge in [0.25, 0.3) is 0 Å². The Morgan fingerprint density at radius 1 is 1.14 bits per heavy atom. The van der Waals surface area contributed by atoms with Gasteiger partial charge >= 0.3 is 0 Å².